The van der Waals surface area contributed by atoms with Crippen LogP contribution in [0.4, 0.5) is 13.2 Å². The van der Waals surface area contributed by atoms with E-state index >= 15 is 0 Å². The van der Waals surface area contributed by atoms with Crippen LogP contribution in [0.3, 0.4) is 0 Å². The van der Waals surface area contributed by atoms with Gasteiger partial charge in [0.25, 0.3) is 0 Å². The summed E-state index contributed by atoms with van der Waals surface area (Å²) in [6.07, 6.45) is -4.64. The van der Waals surface area contributed by atoms with E-state index in [0.717, 1.165) is 18.2 Å². The number of primary amides is 1. The Labute approximate surface area is 148 Å². The molecule has 0 unspecified atom stereocenters. The van der Waals surface area contributed by atoms with Gasteiger partial charge < -0.3 is 5.73 Å². The molecule has 0 atom stereocenters. The third kappa shape index (κ3) is 5.08. The molecular weight excluding hydrogens is 369 g/mol. The molecule has 2 aromatic carbocycles. The van der Waals surface area contributed by atoms with Gasteiger partial charge in [0, 0.05) is 11.1 Å². The predicted molar refractivity (Wildman–Crippen MR) is 88.5 cm³/mol. The third-order valence-corrected chi connectivity index (χ3v) is 4.62. The maximum absolute atomic E-state index is 12.7. The van der Waals surface area contributed by atoms with Gasteiger partial charge in [0.2, 0.25) is 15.9 Å². The third-order valence-electron chi connectivity index (χ3n) is 3.22. The second-order valence-corrected chi connectivity index (χ2v) is 6.86. The van der Waals surface area contributed by atoms with Crippen molar-refractivity contribution in [2.75, 3.05) is 6.54 Å². The average Bonchev–Trinajstić information content (AvgIpc) is 2.58. The highest BCUT2D eigenvalue weighted by Crippen LogP contribution is 2.30. The predicted octanol–water partition coefficient (Wildman–Crippen LogP) is 2.13. The van der Waals surface area contributed by atoms with Crippen molar-refractivity contribution < 1.29 is 26.4 Å². The van der Waals surface area contributed by atoms with Gasteiger partial charge in [0.15, 0.2) is 0 Å². The fourth-order valence-corrected chi connectivity index (χ4v) is 2.89. The van der Waals surface area contributed by atoms with Crippen LogP contribution >= 0.6 is 0 Å². The van der Waals surface area contributed by atoms with Gasteiger partial charge >= 0.3 is 6.18 Å². The van der Waals surface area contributed by atoms with Crippen LogP contribution in [-0.2, 0) is 16.2 Å². The molecule has 9 heteroatoms. The van der Waals surface area contributed by atoms with Crippen LogP contribution in [0, 0.1) is 11.8 Å². The lowest BCUT2D eigenvalue weighted by Gasteiger charge is -2.09. The Morgan fingerprint density at radius 1 is 1.12 bits per heavy atom. The van der Waals surface area contributed by atoms with Gasteiger partial charge in [0.05, 0.1) is 17.0 Å². The maximum atomic E-state index is 12.7. The lowest BCUT2D eigenvalue weighted by Crippen LogP contribution is -2.24. The summed E-state index contributed by atoms with van der Waals surface area (Å²) in [7, 11) is -4.13. The van der Waals surface area contributed by atoms with E-state index in [1.165, 1.54) is 24.3 Å². The average molecular weight is 382 g/mol. The molecule has 0 heterocycles. The first-order chi connectivity index (χ1) is 12.1. The Hall–Kier alpha value is -2.83. The van der Waals surface area contributed by atoms with Crippen molar-refractivity contribution in [3.8, 4) is 11.8 Å². The minimum absolute atomic E-state index is 0.295. The summed E-state index contributed by atoms with van der Waals surface area (Å²) in [6, 6.07) is 9.44. The largest absolute Gasteiger partial charge is 0.416 e. The van der Waals surface area contributed by atoms with Crippen LogP contribution in [0.15, 0.2) is 53.4 Å². The van der Waals surface area contributed by atoms with Crippen LogP contribution in [0.25, 0.3) is 0 Å². The Balaban J connectivity index is 2.06. The smallest absolute Gasteiger partial charge is 0.366 e. The lowest BCUT2D eigenvalue weighted by molar-refractivity contribution is -0.137. The zero-order valence-electron chi connectivity index (χ0n) is 13.2. The molecule has 5 nitrogen and oxygen atoms in total. The van der Waals surface area contributed by atoms with Gasteiger partial charge in [-0.2, -0.15) is 17.9 Å². The minimum Gasteiger partial charge on any atom is -0.366 e. The normalized spacial score (nSPS) is 11.5. The molecule has 0 aliphatic carbocycles. The lowest BCUT2D eigenvalue weighted by atomic mass is 10.1. The van der Waals surface area contributed by atoms with E-state index in [4.69, 9.17) is 5.73 Å². The van der Waals surface area contributed by atoms with Crippen molar-refractivity contribution in [3.05, 3.63) is 65.2 Å². The van der Waals surface area contributed by atoms with Crippen LogP contribution in [0.1, 0.15) is 21.5 Å². The molecule has 0 fully saturated rings. The van der Waals surface area contributed by atoms with E-state index in [-0.39, 0.29) is 6.54 Å². The number of alkyl halides is 3. The number of amides is 1. The number of hydrogen-bond donors (Lipinski definition) is 2. The van der Waals surface area contributed by atoms with Gasteiger partial charge in [-0.3, -0.25) is 4.79 Å². The number of nitrogens with two attached hydrogens (primary N) is 1. The number of carbonyl (C=O) groups is 1. The van der Waals surface area contributed by atoms with Crippen LogP contribution < -0.4 is 10.5 Å². The van der Waals surface area contributed by atoms with E-state index < -0.39 is 32.6 Å². The number of benzene rings is 2. The molecule has 1 amide bonds. The molecule has 2 rings (SSSR count). The van der Waals surface area contributed by atoms with Crippen molar-refractivity contribution in [1.29, 1.82) is 0 Å². The Morgan fingerprint density at radius 2 is 1.77 bits per heavy atom. The van der Waals surface area contributed by atoms with Crippen LogP contribution in [0.5, 0.6) is 0 Å². The quantitative estimate of drug-likeness (QED) is 0.794. The molecule has 0 saturated heterocycles. The molecule has 0 radical (unpaired) electrons. The number of rotatable bonds is 4. The molecule has 136 valence electrons. The van der Waals surface area contributed by atoms with E-state index in [9.17, 15) is 26.4 Å². The molecule has 0 aromatic heterocycles. The van der Waals surface area contributed by atoms with E-state index in [0.29, 0.717) is 17.2 Å². The zero-order valence-corrected chi connectivity index (χ0v) is 14.0. The van der Waals surface area contributed by atoms with Crippen LogP contribution in [-0.4, -0.2) is 20.9 Å². The van der Waals surface area contributed by atoms with Gasteiger partial charge in [-0.15, -0.1) is 0 Å². The maximum Gasteiger partial charge on any atom is 0.416 e. The monoisotopic (exact) mass is 382 g/mol. The van der Waals surface area contributed by atoms with Crippen molar-refractivity contribution in [3.63, 3.8) is 0 Å². The molecular formula is C17H13F3N2O3S. The van der Waals surface area contributed by atoms with Crippen molar-refractivity contribution in [2.24, 2.45) is 5.73 Å². The summed E-state index contributed by atoms with van der Waals surface area (Å²) in [5.74, 6) is 4.62. The SMILES string of the molecule is NC(=O)c1ccc(C#CCNS(=O)(=O)c2cccc(C(F)(F)F)c2)cc1. The highest BCUT2D eigenvalue weighted by atomic mass is 32.2. The van der Waals surface area contributed by atoms with E-state index in [2.05, 4.69) is 16.6 Å². The summed E-state index contributed by atoms with van der Waals surface area (Å²) in [6.45, 7) is -0.295. The Morgan fingerprint density at radius 3 is 2.35 bits per heavy atom. The topological polar surface area (TPSA) is 89.3 Å². The van der Waals surface area contributed by atoms with Gasteiger partial charge in [-0.05, 0) is 42.5 Å². The number of nitrogens with one attached hydrogen (secondary N) is 1. The fraction of sp³-hybridized carbons (Fsp3) is 0.118. The Bertz CT molecular complexity index is 973. The number of halogens is 3. The van der Waals surface area contributed by atoms with Crippen molar-refractivity contribution in [2.45, 2.75) is 11.1 Å². The molecule has 26 heavy (non-hydrogen) atoms. The summed E-state index contributed by atoms with van der Waals surface area (Å²) >= 11 is 0. The molecule has 0 aliphatic rings. The summed E-state index contributed by atoms with van der Waals surface area (Å²) in [5.41, 5.74) is 4.88. The van der Waals surface area contributed by atoms with Crippen molar-refractivity contribution in [1.82, 2.24) is 4.72 Å². The van der Waals surface area contributed by atoms with Gasteiger partial charge in [0.1, 0.15) is 0 Å². The first-order valence-corrected chi connectivity index (χ1v) is 8.63. The summed E-state index contributed by atoms with van der Waals surface area (Å²) in [4.78, 5) is 10.4. The molecule has 2 aromatic rings. The highest BCUT2D eigenvalue weighted by molar-refractivity contribution is 7.89. The number of carbonyl (C=O) groups excluding carboxylic acids is 1. The Kier molecular flexibility index (Phi) is 5.69. The number of sulfonamides is 1. The van der Waals surface area contributed by atoms with E-state index in [1.54, 1.807) is 0 Å². The van der Waals surface area contributed by atoms with Gasteiger partial charge in [-0.1, -0.05) is 17.9 Å². The second kappa shape index (κ2) is 7.59. The minimum atomic E-state index is -4.64. The first kappa shape index (κ1) is 19.5. The van der Waals surface area contributed by atoms with E-state index in [1.807, 2.05) is 0 Å². The summed E-state index contributed by atoms with van der Waals surface area (Å²) < 4.78 is 64.2. The second-order valence-electron chi connectivity index (χ2n) is 5.09. The fourth-order valence-electron chi connectivity index (χ4n) is 1.92. The highest BCUT2D eigenvalue weighted by Gasteiger charge is 2.31. The van der Waals surface area contributed by atoms with Crippen LogP contribution in [0.2, 0.25) is 0 Å². The first-order valence-electron chi connectivity index (χ1n) is 7.15. The molecule has 0 spiro atoms. The standard InChI is InChI=1S/C17H13F3N2O3S/c18-17(19,20)14-4-1-5-15(11-14)26(24,25)22-10-2-3-12-6-8-13(9-7-12)16(21)23/h1,4-9,11,22H,10H2,(H2,21,23). The number of hydrogen-bond acceptors (Lipinski definition) is 3. The van der Waals surface area contributed by atoms with Crippen molar-refractivity contribution >= 4 is 15.9 Å². The summed E-state index contributed by atoms with van der Waals surface area (Å²) in [5, 5.41) is 0. The molecule has 0 bridgehead atoms. The molecule has 0 saturated carbocycles. The molecule has 3 N–H and O–H groups in total. The molecule has 0 aliphatic heterocycles. The zero-order chi connectivity index (χ0) is 19.4. The van der Waals surface area contributed by atoms with Gasteiger partial charge in [-0.25, -0.2) is 8.42 Å².